The summed E-state index contributed by atoms with van der Waals surface area (Å²) in [4.78, 5) is 14.0. The Bertz CT molecular complexity index is 421. The normalized spacial score (nSPS) is 10.3. The predicted molar refractivity (Wildman–Crippen MR) is 75.3 cm³/mol. The van der Waals surface area contributed by atoms with Gasteiger partial charge in [-0.2, -0.15) is 0 Å². The summed E-state index contributed by atoms with van der Waals surface area (Å²) >= 11 is 0. The number of nitrogens with two attached hydrogens (primary N) is 1. The SMILES string of the molecule is CCCCN(CCO)C(=O)c1cc(OC)ccc1N. The zero-order valence-electron chi connectivity index (χ0n) is 11.6. The molecule has 5 nitrogen and oxygen atoms in total. The number of carbonyl (C=O) groups is 1. The molecule has 0 radical (unpaired) electrons. The van der Waals surface area contributed by atoms with Crippen molar-refractivity contribution in [2.24, 2.45) is 0 Å². The van der Waals surface area contributed by atoms with Crippen molar-refractivity contribution >= 4 is 11.6 Å². The molecule has 0 spiro atoms. The van der Waals surface area contributed by atoms with E-state index in [9.17, 15) is 4.79 Å². The molecule has 0 aliphatic heterocycles. The van der Waals surface area contributed by atoms with Gasteiger partial charge in [-0.15, -0.1) is 0 Å². The Morgan fingerprint density at radius 1 is 1.42 bits per heavy atom. The van der Waals surface area contributed by atoms with Crippen LogP contribution in [0.15, 0.2) is 18.2 Å². The number of nitrogen functional groups attached to an aromatic ring is 1. The third-order valence-electron chi connectivity index (χ3n) is 2.93. The third-order valence-corrected chi connectivity index (χ3v) is 2.93. The first kappa shape index (κ1) is 15.3. The lowest BCUT2D eigenvalue weighted by Crippen LogP contribution is -2.34. The first-order valence-electron chi connectivity index (χ1n) is 6.47. The summed E-state index contributed by atoms with van der Waals surface area (Å²) in [6.07, 6.45) is 1.89. The first-order valence-corrected chi connectivity index (χ1v) is 6.47. The second kappa shape index (κ2) is 7.63. The molecule has 0 fully saturated rings. The number of rotatable bonds is 7. The second-order valence-corrected chi connectivity index (χ2v) is 4.32. The molecule has 0 bridgehead atoms. The zero-order valence-corrected chi connectivity index (χ0v) is 11.6. The van der Waals surface area contributed by atoms with E-state index >= 15 is 0 Å². The van der Waals surface area contributed by atoms with E-state index in [-0.39, 0.29) is 12.5 Å². The van der Waals surface area contributed by atoms with Crippen molar-refractivity contribution < 1.29 is 14.6 Å². The molecule has 5 heteroatoms. The van der Waals surface area contributed by atoms with Gasteiger partial charge >= 0.3 is 0 Å². The highest BCUT2D eigenvalue weighted by molar-refractivity contribution is 5.99. The Balaban J connectivity index is 2.94. The van der Waals surface area contributed by atoms with Crippen LogP contribution < -0.4 is 10.5 Å². The third kappa shape index (κ3) is 4.13. The van der Waals surface area contributed by atoms with Crippen molar-refractivity contribution in [2.75, 3.05) is 32.5 Å². The van der Waals surface area contributed by atoms with Crippen molar-refractivity contribution in [2.45, 2.75) is 19.8 Å². The molecule has 3 N–H and O–H groups in total. The maximum Gasteiger partial charge on any atom is 0.256 e. The Kier molecular flexibility index (Phi) is 6.15. The first-order chi connectivity index (χ1) is 9.13. The average molecular weight is 266 g/mol. The van der Waals surface area contributed by atoms with Gasteiger partial charge in [0.15, 0.2) is 0 Å². The maximum atomic E-state index is 12.4. The molecule has 0 saturated carbocycles. The number of unbranched alkanes of at least 4 members (excludes halogenated alkanes) is 1. The lowest BCUT2D eigenvalue weighted by molar-refractivity contribution is 0.0720. The largest absolute Gasteiger partial charge is 0.497 e. The van der Waals surface area contributed by atoms with Gasteiger partial charge in [0.2, 0.25) is 0 Å². The minimum atomic E-state index is -0.168. The molecular formula is C14H22N2O3. The fraction of sp³-hybridized carbons (Fsp3) is 0.500. The molecular weight excluding hydrogens is 244 g/mol. The topological polar surface area (TPSA) is 75.8 Å². The Morgan fingerprint density at radius 2 is 2.16 bits per heavy atom. The molecule has 1 rings (SSSR count). The number of nitrogens with zero attached hydrogens (tertiary/aromatic N) is 1. The summed E-state index contributed by atoms with van der Waals surface area (Å²) in [5.74, 6) is 0.427. The summed E-state index contributed by atoms with van der Waals surface area (Å²) in [6.45, 7) is 2.93. The summed E-state index contributed by atoms with van der Waals surface area (Å²) in [7, 11) is 1.54. The second-order valence-electron chi connectivity index (χ2n) is 4.32. The summed E-state index contributed by atoms with van der Waals surface area (Å²) < 4.78 is 5.11. The Hall–Kier alpha value is -1.75. The minimum Gasteiger partial charge on any atom is -0.497 e. The maximum absolute atomic E-state index is 12.4. The smallest absolute Gasteiger partial charge is 0.256 e. The summed E-state index contributed by atoms with van der Waals surface area (Å²) in [6, 6.07) is 5.01. The van der Waals surface area contributed by atoms with E-state index in [1.807, 2.05) is 0 Å². The van der Waals surface area contributed by atoms with Crippen molar-refractivity contribution in [1.29, 1.82) is 0 Å². The van der Waals surface area contributed by atoms with Crippen LogP contribution in [0.3, 0.4) is 0 Å². The highest BCUT2D eigenvalue weighted by atomic mass is 16.5. The number of hydrogen-bond acceptors (Lipinski definition) is 4. The van der Waals surface area contributed by atoms with E-state index in [1.54, 1.807) is 30.2 Å². The molecule has 0 saturated heterocycles. The number of anilines is 1. The highest BCUT2D eigenvalue weighted by Crippen LogP contribution is 2.21. The fourth-order valence-corrected chi connectivity index (χ4v) is 1.80. The van der Waals surface area contributed by atoms with Gasteiger partial charge in [0, 0.05) is 18.8 Å². The number of methoxy groups -OCH3 is 1. The number of aliphatic hydroxyl groups is 1. The summed E-state index contributed by atoms with van der Waals surface area (Å²) in [5, 5.41) is 9.05. The monoisotopic (exact) mass is 266 g/mol. The quantitative estimate of drug-likeness (QED) is 0.734. The van der Waals surface area contributed by atoms with Gasteiger partial charge in [-0.05, 0) is 24.6 Å². The highest BCUT2D eigenvalue weighted by Gasteiger charge is 2.18. The van der Waals surface area contributed by atoms with Gasteiger partial charge in [0.05, 0.1) is 19.3 Å². The number of hydrogen-bond donors (Lipinski definition) is 2. The van der Waals surface area contributed by atoms with Crippen LogP contribution in [0.2, 0.25) is 0 Å². The van der Waals surface area contributed by atoms with Crippen LogP contribution >= 0.6 is 0 Å². The molecule has 1 aromatic rings. The van der Waals surface area contributed by atoms with E-state index < -0.39 is 0 Å². The van der Waals surface area contributed by atoms with Crippen molar-refractivity contribution in [3.05, 3.63) is 23.8 Å². The molecule has 0 aliphatic rings. The van der Waals surface area contributed by atoms with Gasteiger partial charge in [0.25, 0.3) is 5.91 Å². The number of aliphatic hydroxyl groups excluding tert-OH is 1. The number of ether oxygens (including phenoxy) is 1. The Labute approximate surface area is 114 Å². The molecule has 0 heterocycles. The molecule has 0 aliphatic carbocycles. The van der Waals surface area contributed by atoms with Crippen LogP contribution in [0.1, 0.15) is 30.1 Å². The van der Waals surface area contributed by atoms with Gasteiger partial charge in [-0.25, -0.2) is 0 Å². The lowest BCUT2D eigenvalue weighted by Gasteiger charge is -2.22. The van der Waals surface area contributed by atoms with Gasteiger partial charge < -0.3 is 20.5 Å². The van der Waals surface area contributed by atoms with Crippen LogP contribution in [-0.4, -0.2) is 42.7 Å². The summed E-state index contributed by atoms with van der Waals surface area (Å²) in [5.41, 5.74) is 6.68. The van der Waals surface area contributed by atoms with Crippen LogP contribution in [-0.2, 0) is 0 Å². The molecule has 0 aromatic heterocycles. The molecule has 1 amide bonds. The standard InChI is InChI=1S/C14H22N2O3/c1-3-4-7-16(8-9-17)14(18)12-10-11(19-2)5-6-13(12)15/h5-6,10,17H,3-4,7-9,15H2,1-2H3. The van der Waals surface area contributed by atoms with Gasteiger partial charge in [-0.3, -0.25) is 4.79 Å². The lowest BCUT2D eigenvalue weighted by atomic mass is 10.1. The number of benzene rings is 1. The zero-order chi connectivity index (χ0) is 14.3. The number of carbonyl (C=O) groups excluding carboxylic acids is 1. The average Bonchev–Trinajstić information content (AvgIpc) is 2.43. The Morgan fingerprint density at radius 3 is 2.74 bits per heavy atom. The molecule has 19 heavy (non-hydrogen) atoms. The van der Waals surface area contributed by atoms with Crippen LogP contribution in [0.25, 0.3) is 0 Å². The van der Waals surface area contributed by atoms with E-state index in [1.165, 1.54) is 0 Å². The van der Waals surface area contributed by atoms with Crippen LogP contribution in [0.4, 0.5) is 5.69 Å². The van der Waals surface area contributed by atoms with Gasteiger partial charge in [0.1, 0.15) is 5.75 Å². The van der Waals surface area contributed by atoms with E-state index in [4.69, 9.17) is 15.6 Å². The molecule has 1 aromatic carbocycles. The molecule has 0 unspecified atom stereocenters. The van der Waals surface area contributed by atoms with Crippen LogP contribution in [0, 0.1) is 0 Å². The van der Waals surface area contributed by atoms with E-state index in [0.29, 0.717) is 30.1 Å². The van der Waals surface area contributed by atoms with Crippen molar-refractivity contribution in [3.63, 3.8) is 0 Å². The van der Waals surface area contributed by atoms with Gasteiger partial charge in [-0.1, -0.05) is 13.3 Å². The predicted octanol–water partition coefficient (Wildman–Crippen LogP) is 1.51. The van der Waals surface area contributed by atoms with Crippen molar-refractivity contribution in [3.8, 4) is 5.75 Å². The van der Waals surface area contributed by atoms with Crippen LogP contribution in [0.5, 0.6) is 5.75 Å². The van der Waals surface area contributed by atoms with Crippen molar-refractivity contribution in [1.82, 2.24) is 4.90 Å². The van der Waals surface area contributed by atoms with E-state index in [0.717, 1.165) is 12.8 Å². The fourth-order valence-electron chi connectivity index (χ4n) is 1.80. The minimum absolute atomic E-state index is 0.0562. The molecule has 0 atom stereocenters. The number of amides is 1. The van der Waals surface area contributed by atoms with E-state index in [2.05, 4.69) is 6.92 Å². The molecule has 106 valence electrons.